The molecule has 0 saturated heterocycles. The van der Waals surface area contributed by atoms with Crippen LogP contribution in [0.3, 0.4) is 0 Å². The zero-order valence-corrected chi connectivity index (χ0v) is 12.4. The summed E-state index contributed by atoms with van der Waals surface area (Å²) in [6, 6.07) is 0. The van der Waals surface area contributed by atoms with Crippen molar-refractivity contribution in [1.29, 1.82) is 0 Å². The molecule has 1 nitrogen and oxygen atoms in total. The summed E-state index contributed by atoms with van der Waals surface area (Å²) in [6.45, 7) is 12.4. The van der Waals surface area contributed by atoms with Crippen LogP contribution in [0.5, 0.6) is 0 Å². The van der Waals surface area contributed by atoms with Crippen molar-refractivity contribution in [1.82, 2.24) is 0 Å². The second kappa shape index (κ2) is 5.88. The Labute approximate surface area is 112 Å². The summed E-state index contributed by atoms with van der Waals surface area (Å²) in [4.78, 5) is 0. The summed E-state index contributed by atoms with van der Waals surface area (Å²) in [5.41, 5.74) is 1.01. The number of aliphatic hydroxyl groups is 1. The summed E-state index contributed by atoms with van der Waals surface area (Å²) in [5, 5.41) is 10.3. The third kappa shape index (κ3) is 4.13. The first kappa shape index (κ1) is 15.2. The first-order valence-electron chi connectivity index (χ1n) is 6.98. The van der Waals surface area contributed by atoms with E-state index in [9.17, 15) is 5.11 Å². The van der Waals surface area contributed by atoms with Gasteiger partial charge in [0.25, 0.3) is 0 Å². The smallest absolute Gasteiger partial charge is 0.0802 e. The van der Waals surface area contributed by atoms with Crippen LogP contribution in [0.15, 0.2) is 36.5 Å². The Morgan fingerprint density at radius 2 is 2.22 bits per heavy atom. The first-order valence-corrected chi connectivity index (χ1v) is 6.98. The van der Waals surface area contributed by atoms with Crippen LogP contribution >= 0.6 is 0 Å². The van der Waals surface area contributed by atoms with E-state index < -0.39 is 5.60 Å². The first-order chi connectivity index (χ1) is 8.28. The predicted octanol–water partition coefficient (Wildman–Crippen LogP) is 4.64. The molecule has 1 N–H and O–H groups in total. The molecule has 0 aromatic heterocycles. The average Bonchev–Trinajstić information content (AvgIpc) is 2.25. The van der Waals surface area contributed by atoms with Crippen LogP contribution in [-0.2, 0) is 0 Å². The van der Waals surface area contributed by atoms with Gasteiger partial charge >= 0.3 is 0 Å². The van der Waals surface area contributed by atoms with Crippen molar-refractivity contribution in [2.45, 2.75) is 59.0 Å². The van der Waals surface area contributed by atoms with Crippen molar-refractivity contribution in [2.24, 2.45) is 11.3 Å². The van der Waals surface area contributed by atoms with Gasteiger partial charge in [-0.05, 0) is 44.9 Å². The predicted molar refractivity (Wildman–Crippen MR) is 79.5 cm³/mol. The zero-order valence-electron chi connectivity index (χ0n) is 12.4. The third-order valence-electron chi connectivity index (χ3n) is 4.09. The summed E-state index contributed by atoms with van der Waals surface area (Å²) in [7, 11) is 0. The van der Waals surface area contributed by atoms with E-state index in [0.717, 1.165) is 12.8 Å². The van der Waals surface area contributed by atoms with E-state index in [0.29, 0.717) is 11.3 Å². The summed E-state index contributed by atoms with van der Waals surface area (Å²) < 4.78 is 0. The van der Waals surface area contributed by atoms with E-state index >= 15 is 0 Å². The molecule has 0 saturated carbocycles. The van der Waals surface area contributed by atoms with Crippen LogP contribution in [0, 0.1) is 11.3 Å². The fraction of sp³-hybridized carbons (Fsp3) is 0.647. The minimum absolute atomic E-state index is 0.295. The molecule has 2 atom stereocenters. The minimum atomic E-state index is -0.720. The average molecular weight is 248 g/mol. The lowest BCUT2D eigenvalue weighted by Gasteiger charge is -2.37. The quantitative estimate of drug-likeness (QED) is 0.703. The minimum Gasteiger partial charge on any atom is -0.386 e. The van der Waals surface area contributed by atoms with Gasteiger partial charge in [0.1, 0.15) is 0 Å². The van der Waals surface area contributed by atoms with Gasteiger partial charge in [-0.1, -0.05) is 43.7 Å². The molecule has 0 aromatic carbocycles. The summed E-state index contributed by atoms with van der Waals surface area (Å²) >= 11 is 0. The summed E-state index contributed by atoms with van der Waals surface area (Å²) in [6.07, 6.45) is 12.4. The fourth-order valence-corrected chi connectivity index (χ4v) is 2.76. The van der Waals surface area contributed by atoms with Crippen LogP contribution in [0.4, 0.5) is 0 Å². The molecule has 18 heavy (non-hydrogen) atoms. The van der Waals surface area contributed by atoms with Gasteiger partial charge in [-0.25, -0.2) is 0 Å². The monoisotopic (exact) mass is 248 g/mol. The van der Waals surface area contributed by atoms with Crippen molar-refractivity contribution < 1.29 is 5.11 Å². The maximum Gasteiger partial charge on any atom is 0.0802 e. The molecule has 0 amide bonds. The Morgan fingerprint density at radius 3 is 2.78 bits per heavy atom. The molecule has 0 radical (unpaired) electrons. The van der Waals surface area contributed by atoms with E-state index in [1.807, 2.05) is 19.1 Å². The van der Waals surface area contributed by atoms with Gasteiger partial charge in [0, 0.05) is 5.92 Å². The lowest BCUT2D eigenvalue weighted by Crippen LogP contribution is -2.28. The topological polar surface area (TPSA) is 20.2 Å². The third-order valence-corrected chi connectivity index (χ3v) is 4.09. The van der Waals surface area contributed by atoms with Crippen LogP contribution in [0.25, 0.3) is 0 Å². The molecule has 1 rings (SSSR count). The molecule has 0 spiro atoms. The highest BCUT2D eigenvalue weighted by Gasteiger charge is 2.31. The Morgan fingerprint density at radius 1 is 1.56 bits per heavy atom. The molecule has 102 valence electrons. The van der Waals surface area contributed by atoms with E-state index in [2.05, 4.69) is 39.5 Å². The molecule has 1 heteroatoms. The van der Waals surface area contributed by atoms with Crippen molar-refractivity contribution in [2.75, 3.05) is 0 Å². The number of hydrogen-bond donors (Lipinski definition) is 1. The molecule has 0 fully saturated rings. The molecule has 0 heterocycles. The highest BCUT2D eigenvalue weighted by Crippen LogP contribution is 2.41. The van der Waals surface area contributed by atoms with Crippen molar-refractivity contribution in [3.63, 3.8) is 0 Å². The SMILES string of the molecule is C=CCCC(C)(O)C=CC1C(C)=CCCC1(C)C. The normalized spacial score (nSPS) is 26.7. The molecule has 0 bridgehead atoms. The molecule has 1 aliphatic rings. The molecular formula is C17H28O. The van der Waals surface area contributed by atoms with E-state index in [1.54, 1.807) is 0 Å². The lowest BCUT2D eigenvalue weighted by atomic mass is 9.68. The van der Waals surface area contributed by atoms with E-state index in [-0.39, 0.29) is 0 Å². The number of rotatable bonds is 5. The van der Waals surface area contributed by atoms with Crippen LogP contribution in [0.1, 0.15) is 53.4 Å². The van der Waals surface area contributed by atoms with Crippen molar-refractivity contribution >= 4 is 0 Å². The van der Waals surface area contributed by atoms with Gasteiger partial charge in [0.15, 0.2) is 0 Å². The highest BCUT2D eigenvalue weighted by molar-refractivity contribution is 5.20. The number of allylic oxidation sites excluding steroid dienone is 4. The second-order valence-corrected chi connectivity index (χ2v) is 6.50. The fourth-order valence-electron chi connectivity index (χ4n) is 2.76. The largest absolute Gasteiger partial charge is 0.386 e. The Kier molecular flexibility index (Phi) is 4.98. The van der Waals surface area contributed by atoms with Gasteiger partial charge in [-0.15, -0.1) is 6.58 Å². The van der Waals surface area contributed by atoms with E-state index in [4.69, 9.17) is 0 Å². The molecule has 0 aromatic rings. The Balaban J connectivity index is 2.78. The van der Waals surface area contributed by atoms with Crippen LogP contribution in [0.2, 0.25) is 0 Å². The van der Waals surface area contributed by atoms with Crippen molar-refractivity contribution in [3.8, 4) is 0 Å². The van der Waals surface area contributed by atoms with Gasteiger partial charge in [-0.3, -0.25) is 0 Å². The highest BCUT2D eigenvalue weighted by atomic mass is 16.3. The maximum atomic E-state index is 10.3. The van der Waals surface area contributed by atoms with Crippen LogP contribution in [-0.4, -0.2) is 10.7 Å². The van der Waals surface area contributed by atoms with Gasteiger partial charge < -0.3 is 5.11 Å². The van der Waals surface area contributed by atoms with E-state index in [1.165, 1.54) is 18.4 Å². The molecule has 1 aliphatic carbocycles. The molecular weight excluding hydrogens is 220 g/mol. The second-order valence-electron chi connectivity index (χ2n) is 6.50. The standard InChI is InChI=1S/C17H28O/c1-6-7-12-17(5,18)13-10-15-14(2)9-8-11-16(15,3)4/h6,9-10,13,15,18H,1,7-8,11-12H2,2-5H3. The molecule has 2 unspecified atom stereocenters. The Bertz CT molecular complexity index is 345. The van der Waals surface area contributed by atoms with Gasteiger partial charge in [0.2, 0.25) is 0 Å². The van der Waals surface area contributed by atoms with Crippen molar-refractivity contribution in [3.05, 3.63) is 36.5 Å². The Hall–Kier alpha value is -0.820. The van der Waals surface area contributed by atoms with Gasteiger partial charge in [0.05, 0.1) is 5.60 Å². The van der Waals surface area contributed by atoms with Gasteiger partial charge in [-0.2, -0.15) is 0 Å². The number of hydrogen-bond acceptors (Lipinski definition) is 1. The zero-order chi connectivity index (χ0) is 13.8. The lowest BCUT2D eigenvalue weighted by molar-refractivity contribution is 0.102. The summed E-state index contributed by atoms with van der Waals surface area (Å²) in [5.74, 6) is 0.446. The molecule has 0 aliphatic heterocycles. The maximum absolute atomic E-state index is 10.3. The van der Waals surface area contributed by atoms with Crippen LogP contribution < -0.4 is 0 Å².